The fraction of sp³-hybridized carbons (Fsp3) is 0.474. The van der Waals surface area contributed by atoms with Gasteiger partial charge in [0.1, 0.15) is 23.3 Å². The highest BCUT2D eigenvalue weighted by Gasteiger charge is 2.42. The summed E-state index contributed by atoms with van der Waals surface area (Å²) in [6.07, 6.45) is 2.43. The van der Waals surface area contributed by atoms with Crippen LogP contribution in [0, 0.1) is 0 Å². The van der Waals surface area contributed by atoms with Crippen LogP contribution >= 0.6 is 0 Å². The van der Waals surface area contributed by atoms with Gasteiger partial charge in [0.25, 0.3) is 0 Å². The first-order valence-corrected chi connectivity index (χ1v) is 8.93. The lowest BCUT2D eigenvalue weighted by Gasteiger charge is -2.28. The molecule has 1 aliphatic heterocycles. The van der Waals surface area contributed by atoms with E-state index in [2.05, 4.69) is 20.6 Å². The van der Waals surface area contributed by atoms with E-state index >= 15 is 0 Å². The van der Waals surface area contributed by atoms with Gasteiger partial charge in [0.15, 0.2) is 0 Å². The molecule has 0 bridgehead atoms. The maximum Gasteiger partial charge on any atom is 0.320 e. The van der Waals surface area contributed by atoms with Crippen molar-refractivity contribution in [2.45, 2.75) is 44.8 Å². The van der Waals surface area contributed by atoms with Crippen molar-refractivity contribution in [2.75, 3.05) is 18.8 Å². The third kappa shape index (κ3) is 4.33. The van der Waals surface area contributed by atoms with Gasteiger partial charge in [0.05, 0.1) is 12.1 Å². The van der Waals surface area contributed by atoms with Crippen molar-refractivity contribution in [1.29, 1.82) is 0 Å². The van der Waals surface area contributed by atoms with Crippen LogP contribution in [0.1, 0.15) is 32.8 Å². The lowest BCUT2D eigenvalue weighted by atomic mass is 9.88. The van der Waals surface area contributed by atoms with E-state index in [1.807, 2.05) is 39.0 Å². The highest BCUT2D eigenvalue weighted by Crippen LogP contribution is 2.25. The van der Waals surface area contributed by atoms with Gasteiger partial charge in [0, 0.05) is 11.9 Å². The van der Waals surface area contributed by atoms with E-state index in [1.54, 1.807) is 0 Å². The Morgan fingerprint density at radius 3 is 2.81 bits per heavy atom. The summed E-state index contributed by atoms with van der Waals surface area (Å²) in [6.45, 7) is 5.96. The molecule has 2 heterocycles. The molecule has 1 aromatic carbocycles. The summed E-state index contributed by atoms with van der Waals surface area (Å²) >= 11 is 0. The number of aromatic nitrogens is 2. The Morgan fingerprint density at radius 2 is 2.15 bits per heavy atom. The van der Waals surface area contributed by atoms with Crippen LogP contribution in [0.5, 0.6) is 0 Å². The van der Waals surface area contributed by atoms with E-state index in [0.29, 0.717) is 25.2 Å². The average Bonchev–Trinajstić information content (AvgIpc) is 2.92. The van der Waals surface area contributed by atoms with Gasteiger partial charge in [-0.2, -0.15) is 0 Å². The maximum absolute atomic E-state index is 12.5. The largest absolute Gasteiger partial charge is 0.459 e. The molecule has 0 spiro atoms. The van der Waals surface area contributed by atoms with Gasteiger partial charge >= 0.3 is 5.97 Å². The van der Waals surface area contributed by atoms with E-state index in [-0.39, 0.29) is 18.4 Å². The molecule has 0 radical (unpaired) electrons. The highest BCUT2D eigenvalue weighted by atomic mass is 16.6. The number of hydrogen-bond donors (Lipinski definition) is 3. The van der Waals surface area contributed by atoms with Crippen molar-refractivity contribution in [3.05, 3.63) is 30.1 Å². The highest BCUT2D eigenvalue weighted by molar-refractivity contribution is 5.91. The Bertz CT molecular complexity index is 877. The van der Waals surface area contributed by atoms with Gasteiger partial charge < -0.3 is 15.8 Å². The van der Waals surface area contributed by atoms with Crippen LogP contribution in [0.15, 0.2) is 24.5 Å². The molecule has 8 nitrogen and oxygen atoms in total. The predicted octanol–water partition coefficient (Wildman–Crippen LogP) is 0.944. The number of rotatable bonds is 5. The first-order valence-electron chi connectivity index (χ1n) is 8.93. The zero-order chi connectivity index (χ0) is 19.7. The number of ether oxygens (including phenoxy) is 1. The molecule has 3 rings (SSSR count). The number of esters is 1. The van der Waals surface area contributed by atoms with Crippen LogP contribution in [0.2, 0.25) is 0 Å². The minimum absolute atomic E-state index is 0.0343. The van der Waals surface area contributed by atoms with E-state index in [4.69, 9.17) is 10.5 Å². The second-order valence-corrected chi connectivity index (χ2v) is 7.82. The number of anilines is 1. The average molecular weight is 371 g/mol. The second-order valence-electron chi connectivity index (χ2n) is 7.82. The first-order chi connectivity index (χ1) is 12.7. The third-order valence-corrected chi connectivity index (χ3v) is 4.50. The number of nitrogens with two attached hydrogens (primary N) is 1. The van der Waals surface area contributed by atoms with E-state index in [9.17, 15) is 9.59 Å². The molecule has 27 heavy (non-hydrogen) atoms. The van der Waals surface area contributed by atoms with Crippen molar-refractivity contribution in [1.82, 2.24) is 20.6 Å². The number of amides is 1. The van der Waals surface area contributed by atoms with Crippen LogP contribution < -0.4 is 16.4 Å². The fourth-order valence-electron chi connectivity index (χ4n) is 3.27. The molecule has 1 fully saturated rings. The van der Waals surface area contributed by atoms with E-state index in [1.165, 1.54) is 6.33 Å². The lowest BCUT2D eigenvalue weighted by Crippen LogP contribution is -2.54. The molecule has 4 N–H and O–H groups in total. The van der Waals surface area contributed by atoms with Gasteiger partial charge in [-0.05, 0) is 51.3 Å². The molecule has 1 saturated heterocycles. The van der Waals surface area contributed by atoms with Gasteiger partial charge in [-0.15, -0.1) is 0 Å². The zero-order valence-corrected chi connectivity index (χ0v) is 15.8. The molecule has 0 aliphatic carbocycles. The quantitative estimate of drug-likeness (QED) is 0.669. The fourth-order valence-corrected chi connectivity index (χ4v) is 3.27. The molecule has 8 heteroatoms. The second kappa shape index (κ2) is 7.11. The lowest BCUT2D eigenvalue weighted by molar-refractivity contribution is -0.154. The molecule has 1 amide bonds. The standard InChI is InChI=1S/C19H25N5O3/c1-18(2,3)27-15(25)10-24-19(6-7-21-17(19)26)9-12-4-5-13-14(8-12)22-11-23-16(13)20/h4-5,8,11,24H,6-7,9-10H2,1-3H3,(H,21,26)(H2,20,22,23)/t19-/m0/s1. The summed E-state index contributed by atoms with van der Waals surface area (Å²) in [5.74, 6) is -0.0862. The van der Waals surface area contributed by atoms with Gasteiger partial charge in [-0.1, -0.05) is 6.07 Å². The monoisotopic (exact) mass is 371 g/mol. The van der Waals surface area contributed by atoms with Crippen molar-refractivity contribution < 1.29 is 14.3 Å². The zero-order valence-electron chi connectivity index (χ0n) is 15.8. The number of nitrogens with one attached hydrogen (secondary N) is 2. The van der Waals surface area contributed by atoms with Crippen LogP contribution in [-0.4, -0.2) is 46.1 Å². The summed E-state index contributed by atoms with van der Waals surface area (Å²) in [4.78, 5) is 32.9. The molecule has 2 aromatic rings. The van der Waals surface area contributed by atoms with Crippen LogP contribution in [0.3, 0.4) is 0 Å². The molecule has 1 aromatic heterocycles. The number of hydrogen-bond acceptors (Lipinski definition) is 7. The smallest absolute Gasteiger partial charge is 0.320 e. The Balaban J connectivity index is 1.79. The minimum Gasteiger partial charge on any atom is -0.459 e. The summed E-state index contributed by atoms with van der Waals surface area (Å²) in [6, 6.07) is 5.66. The molecule has 1 atom stereocenters. The molecule has 1 aliphatic rings. The van der Waals surface area contributed by atoms with Crippen LogP contribution in [0.4, 0.5) is 5.82 Å². The number of nitrogen functional groups attached to an aromatic ring is 1. The van der Waals surface area contributed by atoms with Crippen LogP contribution in [0.25, 0.3) is 10.9 Å². The Labute approximate surface area is 157 Å². The first kappa shape index (κ1) is 19.0. The number of carbonyl (C=O) groups is 2. The number of carbonyl (C=O) groups excluding carboxylic acids is 2. The molecule has 144 valence electrons. The Morgan fingerprint density at radius 1 is 1.37 bits per heavy atom. The number of nitrogens with zero attached hydrogens (tertiary/aromatic N) is 2. The van der Waals surface area contributed by atoms with E-state index < -0.39 is 11.1 Å². The maximum atomic E-state index is 12.5. The van der Waals surface area contributed by atoms with Crippen molar-refractivity contribution in [3.63, 3.8) is 0 Å². The Hall–Kier alpha value is -2.74. The normalized spacial score (nSPS) is 19.9. The van der Waals surface area contributed by atoms with Crippen molar-refractivity contribution in [3.8, 4) is 0 Å². The third-order valence-electron chi connectivity index (χ3n) is 4.50. The topological polar surface area (TPSA) is 119 Å². The minimum atomic E-state index is -0.858. The molecular weight excluding hydrogens is 346 g/mol. The molecule has 0 unspecified atom stereocenters. The SMILES string of the molecule is CC(C)(C)OC(=O)CN[C@]1(Cc2ccc3c(N)ncnc3c2)CCNC1=O. The Kier molecular flexibility index (Phi) is 5.01. The van der Waals surface area contributed by atoms with Gasteiger partial charge in [0.2, 0.25) is 5.91 Å². The summed E-state index contributed by atoms with van der Waals surface area (Å²) < 4.78 is 5.33. The molecular formula is C19H25N5O3. The van der Waals surface area contributed by atoms with Crippen LogP contribution in [-0.2, 0) is 20.7 Å². The van der Waals surface area contributed by atoms with Crippen molar-refractivity contribution >= 4 is 28.6 Å². The summed E-state index contributed by atoms with van der Waals surface area (Å²) in [7, 11) is 0. The van der Waals surface area contributed by atoms with Crippen molar-refractivity contribution in [2.24, 2.45) is 0 Å². The number of benzene rings is 1. The summed E-state index contributed by atoms with van der Waals surface area (Å²) in [5, 5.41) is 6.75. The van der Waals surface area contributed by atoms with Gasteiger partial charge in [-0.25, -0.2) is 9.97 Å². The summed E-state index contributed by atoms with van der Waals surface area (Å²) in [5.41, 5.74) is 6.09. The van der Waals surface area contributed by atoms with Gasteiger partial charge in [-0.3, -0.25) is 14.9 Å². The van der Waals surface area contributed by atoms with E-state index in [0.717, 1.165) is 16.5 Å². The number of fused-ring (bicyclic) bond motifs is 1. The predicted molar refractivity (Wildman–Crippen MR) is 102 cm³/mol. The molecule has 0 saturated carbocycles.